The molecular formula is C21H21NO5S2. The Morgan fingerprint density at radius 1 is 0.966 bits per heavy atom. The van der Waals surface area contributed by atoms with Crippen molar-refractivity contribution in [3.8, 4) is 23.0 Å². The van der Waals surface area contributed by atoms with Crippen molar-refractivity contribution in [3.05, 3.63) is 52.9 Å². The van der Waals surface area contributed by atoms with Gasteiger partial charge in [-0.2, -0.15) is 0 Å². The number of carbonyl (C=O) groups is 1. The van der Waals surface area contributed by atoms with Crippen molar-refractivity contribution < 1.29 is 23.7 Å². The fraction of sp³-hybridized carbons (Fsp3) is 0.238. The van der Waals surface area contributed by atoms with E-state index in [-0.39, 0.29) is 5.91 Å². The summed E-state index contributed by atoms with van der Waals surface area (Å²) in [7, 11) is 3.19. The van der Waals surface area contributed by atoms with Crippen LogP contribution in [0.3, 0.4) is 0 Å². The molecule has 0 unspecified atom stereocenters. The first-order chi connectivity index (χ1) is 14.1. The molecule has 0 aliphatic carbocycles. The summed E-state index contributed by atoms with van der Waals surface area (Å²) in [6.07, 6.45) is 2.41. The van der Waals surface area contributed by atoms with Gasteiger partial charge in [0.05, 0.1) is 32.3 Å². The van der Waals surface area contributed by atoms with E-state index in [0.29, 0.717) is 51.9 Å². The Bertz CT molecular complexity index is 929. The Morgan fingerprint density at radius 2 is 1.66 bits per heavy atom. The Kier molecular flexibility index (Phi) is 7.37. The number of nitrogens with one attached hydrogen (secondary N) is 1. The predicted molar refractivity (Wildman–Crippen MR) is 118 cm³/mol. The summed E-state index contributed by atoms with van der Waals surface area (Å²) in [5, 5.41) is 2.61. The van der Waals surface area contributed by atoms with Crippen LogP contribution < -0.4 is 24.3 Å². The van der Waals surface area contributed by atoms with Crippen LogP contribution in [0.25, 0.3) is 6.08 Å². The quantitative estimate of drug-likeness (QED) is 0.365. The fourth-order valence-electron chi connectivity index (χ4n) is 2.68. The molecule has 29 heavy (non-hydrogen) atoms. The molecule has 0 atom stereocenters. The molecule has 152 valence electrons. The van der Waals surface area contributed by atoms with Crippen LogP contribution in [-0.4, -0.2) is 37.7 Å². The number of rotatable bonds is 9. The van der Waals surface area contributed by atoms with Crippen molar-refractivity contribution in [1.29, 1.82) is 0 Å². The van der Waals surface area contributed by atoms with E-state index in [9.17, 15) is 4.79 Å². The van der Waals surface area contributed by atoms with Gasteiger partial charge in [-0.15, -0.1) is 0 Å². The SMILES string of the molecule is COc1ccccc1OCCCOc1c(/C=C2\SC(=S)NC2=O)cccc1OC. The van der Waals surface area contributed by atoms with E-state index < -0.39 is 0 Å². The average Bonchev–Trinajstić information content (AvgIpc) is 3.05. The van der Waals surface area contributed by atoms with Gasteiger partial charge in [-0.3, -0.25) is 4.79 Å². The third-order valence-electron chi connectivity index (χ3n) is 4.02. The van der Waals surface area contributed by atoms with Gasteiger partial charge < -0.3 is 24.3 Å². The minimum atomic E-state index is -0.209. The van der Waals surface area contributed by atoms with Gasteiger partial charge in [-0.25, -0.2) is 0 Å². The number of amides is 1. The molecule has 0 saturated carbocycles. The van der Waals surface area contributed by atoms with Crippen molar-refractivity contribution in [3.63, 3.8) is 0 Å². The molecule has 8 heteroatoms. The molecule has 1 amide bonds. The van der Waals surface area contributed by atoms with Crippen molar-refractivity contribution >= 4 is 40.3 Å². The second kappa shape index (κ2) is 10.2. The second-order valence-electron chi connectivity index (χ2n) is 5.93. The van der Waals surface area contributed by atoms with Gasteiger partial charge in [0.25, 0.3) is 5.91 Å². The maximum absolute atomic E-state index is 12.0. The highest BCUT2D eigenvalue weighted by Gasteiger charge is 2.23. The van der Waals surface area contributed by atoms with Gasteiger partial charge in [0.2, 0.25) is 0 Å². The highest BCUT2D eigenvalue weighted by molar-refractivity contribution is 8.26. The standard InChI is InChI=1S/C21H21NO5S2/c1-24-15-8-3-4-9-16(15)26-11-6-12-27-19-14(7-5-10-17(19)25-2)13-18-20(23)22-21(28)29-18/h3-5,7-10,13H,6,11-12H2,1-2H3,(H,22,23,28)/b18-13-. The Balaban J connectivity index is 1.63. The predicted octanol–water partition coefficient (Wildman–Crippen LogP) is 4.04. The zero-order chi connectivity index (χ0) is 20.6. The van der Waals surface area contributed by atoms with E-state index in [1.165, 1.54) is 11.8 Å². The lowest BCUT2D eigenvalue weighted by Crippen LogP contribution is -2.17. The third kappa shape index (κ3) is 5.42. The molecule has 1 aliphatic rings. The van der Waals surface area contributed by atoms with Crippen LogP contribution in [0.2, 0.25) is 0 Å². The van der Waals surface area contributed by atoms with E-state index in [1.807, 2.05) is 42.5 Å². The van der Waals surface area contributed by atoms with E-state index in [4.69, 9.17) is 31.2 Å². The maximum atomic E-state index is 12.0. The van der Waals surface area contributed by atoms with Crippen LogP contribution in [0.4, 0.5) is 0 Å². The molecule has 0 radical (unpaired) electrons. The normalized spacial score (nSPS) is 14.6. The van der Waals surface area contributed by atoms with Gasteiger partial charge in [0.15, 0.2) is 23.0 Å². The summed E-state index contributed by atoms with van der Waals surface area (Å²) in [4.78, 5) is 12.5. The van der Waals surface area contributed by atoms with E-state index in [2.05, 4.69) is 5.32 Å². The highest BCUT2D eigenvalue weighted by atomic mass is 32.2. The number of thiocarbonyl (C=S) groups is 1. The largest absolute Gasteiger partial charge is 0.493 e. The smallest absolute Gasteiger partial charge is 0.263 e. The minimum absolute atomic E-state index is 0.209. The number of thioether (sulfide) groups is 1. The number of hydrogen-bond donors (Lipinski definition) is 1. The molecular weight excluding hydrogens is 410 g/mol. The number of hydrogen-bond acceptors (Lipinski definition) is 7. The second-order valence-corrected chi connectivity index (χ2v) is 7.65. The molecule has 1 N–H and O–H groups in total. The topological polar surface area (TPSA) is 66.0 Å². The third-order valence-corrected chi connectivity index (χ3v) is 5.18. The van der Waals surface area contributed by atoms with Crippen LogP contribution in [0, 0.1) is 0 Å². The summed E-state index contributed by atoms with van der Waals surface area (Å²) in [6, 6.07) is 13.0. The number of carbonyl (C=O) groups excluding carboxylic acids is 1. The average molecular weight is 432 g/mol. The van der Waals surface area contributed by atoms with Gasteiger partial charge >= 0.3 is 0 Å². The van der Waals surface area contributed by atoms with Crippen molar-refractivity contribution in [1.82, 2.24) is 5.32 Å². The lowest BCUT2D eigenvalue weighted by Gasteiger charge is -2.14. The van der Waals surface area contributed by atoms with Gasteiger partial charge in [-0.05, 0) is 24.3 Å². The monoisotopic (exact) mass is 431 g/mol. The number of methoxy groups -OCH3 is 2. The molecule has 1 heterocycles. The van der Waals surface area contributed by atoms with E-state index in [1.54, 1.807) is 20.3 Å². The first kappa shape index (κ1) is 21.0. The summed E-state index contributed by atoms with van der Waals surface area (Å²) in [5.41, 5.74) is 0.748. The van der Waals surface area contributed by atoms with Crippen LogP contribution in [-0.2, 0) is 4.79 Å². The Hall–Kier alpha value is -2.71. The fourth-order valence-corrected chi connectivity index (χ4v) is 3.71. The molecule has 3 rings (SSSR count). The molecule has 0 spiro atoms. The van der Waals surface area contributed by atoms with Gasteiger partial charge in [0.1, 0.15) is 4.32 Å². The Labute approximate surface area is 179 Å². The first-order valence-corrected chi connectivity index (χ1v) is 10.2. The van der Waals surface area contributed by atoms with Crippen molar-refractivity contribution in [2.45, 2.75) is 6.42 Å². The van der Waals surface area contributed by atoms with Crippen LogP contribution in [0.5, 0.6) is 23.0 Å². The summed E-state index contributed by atoms with van der Waals surface area (Å²) >= 11 is 6.27. The minimum Gasteiger partial charge on any atom is -0.493 e. The van der Waals surface area contributed by atoms with E-state index in [0.717, 1.165) is 5.56 Å². The Morgan fingerprint density at radius 3 is 2.34 bits per heavy atom. The zero-order valence-electron chi connectivity index (χ0n) is 16.1. The molecule has 2 aromatic rings. The van der Waals surface area contributed by atoms with Gasteiger partial charge in [-0.1, -0.05) is 48.2 Å². The van der Waals surface area contributed by atoms with Crippen molar-refractivity contribution in [2.24, 2.45) is 0 Å². The summed E-state index contributed by atoms with van der Waals surface area (Å²) in [5.74, 6) is 2.34. The molecule has 1 saturated heterocycles. The number of benzene rings is 2. The summed E-state index contributed by atoms with van der Waals surface area (Å²) in [6.45, 7) is 0.891. The molecule has 6 nitrogen and oxygen atoms in total. The molecule has 1 aliphatic heterocycles. The maximum Gasteiger partial charge on any atom is 0.263 e. The molecule has 0 bridgehead atoms. The van der Waals surface area contributed by atoms with Crippen LogP contribution >= 0.6 is 24.0 Å². The number of para-hydroxylation sites is 3. The van der Waals surface area contributed by atoms with E-state index >= 15 is 0 Å². The number of ether oxygens (including phenoxy) is 4. The highest BCUT2D eigenvalue weighted by Crippen LogP contribution is 2.35. The molecule has 0 aromatic heterocycles. The van der Waals surface area contributed by atoms with Gasteiger partial charge in [0, 0.05) is 12.0 Å². The lowest BCUT2D eigenvalue weighted by atomic mass is 10.1. The lowest BCUT2D eigenvalue weighted by molar-refractivity contribution is -0.115. The zero-order valence-corrected chi connectivity index (χ0v) is 17.7. The molecule has 2 aromatic carbocycles. The first-order valence-electron chi connectivity index (χ1n) is 8.93. The van der Waals surface area contributed by atoms with Crippen LogP contribution in [0.1, 0.15) is 12.0 Å². The molecule has 1 fully saturated rings. The summed E-state index contributed by atoms with van der Waals surface area (Å²) < 4.78 is 22.9. The van der Waals surface area contributed by atoms with Crippen molar-refractivity contribution in [2.75, 3.05) is 27.4 Å². The van der Waals surface area contributed by atoms with Crippen LogP contribution in [0.15, 0.2) is 47.4 Å².